The molecule has 2 aromatic rings. The molecule has 2 rings (SSSR count). The van der Waals surface area contributed by atoms with Crippen molar-refractivity contribution in [2.24, 2.45) is 0 Å². The number of hydrogen-bond donors (Lipinski definition) is 1. The van der Waals surface area contributed by atoms with Crippen molar-refractivity contribution in [1.82, 2.24) is 0 Å². The molecule has 106 valence electrons. The van der Waals surface area contributed by atoms with Crippen molar-refractivity contribution in [3.63, 3.8) is 0 Å². The lowest BCUT2D eigenvalue weighted by molar-refractivity contribution is 0.583. The Labute approximate surface area is 119 Å². The van der Waals surface area contributed by atoms with Crippen LogP contribution in [0.15, 0.2) is 41.3 Å². The van der Waals surface area contributed by atoms with E-state index in [1.165, 1.54) is 12.1 Å². The first-order valence-electron chi connectivity index (χ1n) is 5.51. The molecule has 0 unspecified atom stereocenters. The lowest BCUT2D eigenvalue weighted by Gasteiger charge is -2.07. The summed E-state index contributed by atoms with van der Waals surface area (Å²) in [6.07, 6.45) is 0. The van der Waals surface area contributed by atoms with Gasteiger partial charge in [-0.05, 0) is 30.3 Å². The molecule has 0 fully saturated rings. The fourth-order valence-electron chi connectivity index (χ4n) is 1.69. The maximum absolute atomic E-state index is 13.6. The molecule has 0 spiro atoms. The van der Waals surface area contributed by atoms with Crippen LogP contribution in [0.25, 0.3) is 0 Å². The van der Waals surface area contributed by atoms with E-state index < -0.39 is 27.2 Å². The van der Waals surface area contributed by atoms with E-state index in [4.69, 9.17) is 17.3 Å². The standard InChI is InChI=1S/C13H10ClF2NO2S/c14-9-2-1-8(13(16)3-9)7-20(18,19)12-5-10(15)4-11(17)6-12/h1-6H,7,17H2. The Morgan fingerprint density at radius 2 is 1.80 bits per heavy atom. The average Bonchev–Trinajstić information content (AvgIpc) is 2.31. The van der Waals surface area contributed by atoms with Crippen LogP contribution in [0.5, 0.6) is 0 Å². The average molecular weight is 318 g/mol. The monoisotopic (exact) mass is 317 g/mol. The summed E-state index contributed by atoms with van der Waals surface area (Å²) >= 11 is 5.59. The van der Waals surface area contributed by atoms with Gasteiger partial charge in [0, 0.05) is 16.3 Å². The second kappa shape index (κ2) is 5.38. The van der Waals surface area contributed by atoms with Gasteiger partial charge < -0.3 is 5.73 Å². The Bertz CT molecular complexity index is 743. The molecule has 0 aliphatic heterocycles. The number of rotatable bonds is 3. The smallest absolute Gasteiger partial charge is 0.182 e. The van der Waals surface area contributed by atoms with Gasteiger partial charge in [0.1, 0.15) is 11.6 Å². The number of sulfone groups is 1. The number of hydrogen-bond acceptors (Lipinski definition) is 3. The Morgan fingerprint density at radius 3 is 2.40 bits per heavy atom. The van der Waals surface area contributed by atoms with Crippen molar-refractivity contribution in [3.8, 4) is 0 Å². The van der Waals surface area contributed by atoms with Crippen molar-refractivity contribution in [2.45, 2.75) is 10.6 Å². The van der Waals surface area contributed by atoms with Crippen LogP contribution in [0, 0.1) is 11.6 Å². The maximum Gasteiger partial charge on any atom is 0.182 e. The molecule has 0 aliphatic rings. The SMILES string of the molecule is Nc1cc(F)cc(S(=O)(=O)Cc2ccc(Cl)cc2F)c1. The molecule has 7 heteroatoms. The number of anilines is 1. The van der Waals surface area contributed by atoms with Crippen LogP contribution >= 0.6 is 11.6 Å². The van der Waals surface area contributed by atoms with E-state index in [2.05, 4.69) is 0 Å². The number of nitrogen functional groups attached to an aromatic ring is 1. The summed E-state index contributed by atoms with van der Waals surface area (Å²) in [5, 5.41) is 0.165. The number of benzene rings is 2. The fourth-order valence-corrected chi connectivity index (χ4v) is 3.27. The van der Waals surface area contributed by atoms with Gasteiger partial charge in [0.15, 0.2) is 9.84 Å². The fraction of sp³-hybridized carbons (Fsp3) is 0.0769. The third-order valence-corrected chi connectivity index (χ3v) is 4.49. The molecule has 0 amide bonds. The van der Waals surface area contributed by atoms with E-state index in [-0.39, 0.29) is 21.2 Å². The molecule has 3 nitrogen and oxygen atoms in total. The lowest BCUT2D eigenvalue weighted by atomic mass is 10.2. The molecule has 0 saturated carbocycles. The summed E-state index contributed by atoms with van der Waals surface area (Å²) in [6, 6.07) is 6.66. The molecule has 0 radical (unpaired) electrons. The molecule has 2 aromatic carbocycles. The van der Waals surface area contributed by atoms with Gasteiger partial charge in [0.05, 0.1) is 10.6 Å². The van der Waals surface area contributed by atoms with Gasteiger partial charge in [-0.3, -0.25) is 0 Å². The molecule has 20 heavy (non-hydrogen) atoms. The van der Waals surface area contributed by atoms with E-state index in [0.29, 0.717) is 0 Å². The summed E-state index contributed by atoms with van der Waals surface area (Å²) < 4.78 is 51.0. The van der Waals surface area contributed by atoms with Crippen molar-refractivity contribution in [3.05, 3.63) is 58.6 Å². The highest BCUT2D eigenvalue weighted by atomic mass is 35.5. The first kappa shape index (κ1) is 14.7. The summed E-state index contributed by atoms with van der Waals surface area (Å²) in [5.74, 6) is -2.09. The number of nitrogens with two attached hydrogens (primary N) is 1. The van der Waals surface area contributed by atoms with Gasteiger partial charge in [-0.15, -0.1) is 0 Å². The second-order valence-electron chi connectivity index (χ2n) is 4.22. The quantitative estimate of drug-likeness (QED) is 0.884. The predicted molar refractivity (Wildman–Crippen MR) is 73.1 cm³/mol. The van der Waals surface area contributed by atoms with Crippen molar-refractivity contribution < 1.29 is 17.2 Å². The van der Waals surface area contributed by atoms with Gasteiger partial charge in [0.25, 0.3) is 0 Å². The highest BCUT2D eigenvalue weighted by Crippen LogP contribution is 2.23. The van der Waals surface area contributed by atoms with E-state index in [1.54, 1.807) is 0 Å². The van der Waals surface area contributed by atoms with Crippen LogP contribution in [0.3, 0.4) is 0 Å². The first-order chi connectivity index (χ1) is 9.28. The second-order valence-corrected chi connectivity index (χ2v) is 6.64. The minimum atomic E-state index is -3.90. The zero-order valence-corrected chi connectivity index (χ0v) is 11.7. The highest BCUT2D eigenvalue weighted by molar-refractivity contribution is 7.90. The molecule has 0 heterocycles. The Hall–Kier alpha value is -1.66. The Morgan fingerprint density at radius 1 is 1.10 bits per heavy atom. The zero-order chi connectivity index (χ0) is 14.9. The molecule has 0 bridgehead atoms. The summed E-state index contributed by atoms with van der Waals surface area (Å²) in [6.45, 7) is 0. The normalized spacial score (nSPS) is 11.6. The maximum atomic E-state index is 13.6. The van der Waals surface area contributed by atoms with Crippen LogP contribution in [-0.4, -0.2) is 8.42 Å². The highest BCUT2D eigenvalue weighted by Gasteiger charge is 2.19. The molecule has 0 aromatic heterocycles. The molecule has 0 aliphatic carbocycles. The topological polar surface area (TPSA) is 60.2 Å². The van der Waals surface area contributed by atoms with Crippen LogP contribution < -0.4 is 5.73 Å². The van der Waals surface area contributed by atoms with Crippen molar-refractivity contribution in [1.29, 1.82) is 0 Å². The van der Waals surface area contributed by atoms with Gasteiger partial charge in [0.2, 0.25) is 0 Å². The van der Waals surface area contributed by atoms with Crippen LogP contribution in [0.4, 0.5) is 14.5 Å². The van der Waals surface area contributed by atoms with Crippen LogP contribution in [-0.2, 0) is 15.6 Å². The minimum absolute atomic E-state index is 0.0137. The van der Waals surface area contributed by atoms with E-state index in [0.717, 1.165) is 24.3 Å². The van der Waals surface area contributed by atoms with E-state index in [9.17, 15) is 17.2 Å². The Balaban J connectivity index is 2.40. The van der Waals surface area contributed by atoms with Gasteiger partial charge in [-0.1, -0.05) is 17.7 Å². The predicted octanol–water partition coefficient (Wildman–Crippen LogP) is 3.17. The van der Waals surface area contributed by atoms with Crippen LogP contribution in [0.1, 0.15) is 5.56 Å². The van der Waals surface area contributed by atoms with Gasteiger partial charge in [-0.2, -0.15) is 0 Å². The minimum Gasteiger partial charge on any atom is -0.399 e. The van der Waals surface area contributed by atoms with E-state index >= 15 is 0 Å². The summed E-state index contributed by atoms with van der Waals surface area (Å²) in [7, 11) is -3.90. The summed E-state index contributed by atoms with van der Waals surface area (Å²) in [4.78, 5) is -0.288. The molecular weight excluding hydrogens is 308 g/mol. The Kier molecular flexibility index (Phi) is 3.96. The van der Waals surface area contributed by atoms with Gasteiger partial charge >= 0.3 is 0 Å². The molecular formula is C13H10ClF2NO2S. The third kappa shape index (κ3) is 3.26. The van der Waals surface area contributed by atoms with Crippen molar-refractivity contribution in [2.75, 3.05) is 5.73 Å². The summed E-state index contributed by atoms with van der Waals surface area (Å²) in [5.41, 5.74) is 5.35. The largest absolute Gasteiger partial charge is 0.399 e. The molecule has 2 N–H and O–H groups in total. The van der Waals surface area contributed by atoms with Crippen LogP contribution in [0.2, 0.25) is 5.02 Å². The van der Waals surface area contributed by atoms with E-state index in [1.807, 2.05) is 0 Å². The third-order valence-electron chi connectivity index (χ3n) is 2.61. The van der Waals surface area contributed by atoms with Crippen molar-refractivity contribution >= 4 is 27.1 Å². The zero-order valence-electron chi connectivity index (χ0n) is 10.1. The number of halogens is 3. The van der Waals surface area contributed by atoms with Gasteiger partial charge in [-0.25, -0.2) is 17.2 Å². The lowest BCUT2D eigenvalue weighted by Crippen LogP contribution is -2.07. The molecule has 0 saturated heterocycles. The first-order valence-corrected chi connectivity index (χ1v) is 7.54. The molecule has 0 atom stereocenters.